The van der Waals surface area contributed by atoms with Crippen LogP contribution in [-0.2, 0) is 0 Å². The van der Waals surface area contributed by atoms with E-state index in [-0.39, 0.29) is 12.1 Å². The third-order valence-electron chi connectivity index (χ3n) is 3.52. The number of aryl methyl sites for hydroxylation is 1. The van der Waals surface area contributed by atoms with E-state index < -0.39 is 0 Å². The molecule has 20 heavy (non-hydrogen) atoms. The van der Waals surface area contributed by atoms with E-state index in [1.807, 2.05) is 31.2 Å². The van der Waals surface area contributed by atoms with Crippen molar-refractivity contribution in [3.8, 4) is 5.75 Å². The van der Waals surface area contributed by atoms with Gasteiger partial charge >= 0.3 is 0 Å². The Labute approximate surface area is 129 Å². The van der Waals surface area contributed by atoms with Gasteiger partial charge in [-0.1, -0.05) is 40.2 Å². The van der Waals surface area contributed by atoms with Gasteiger partial charge in [-0.2, -0.15) is 0 Å². The summed E-state index contributed by atoms with van der Waals surface area (Å²) in [5, 5.41) is 13.6. The fourth-order valence-electron chi connectivity index (χ4n) is 2.33. The van der Waals surface area contributed by atoms with E-state index in [1.165, 1.54) is 5.56 Å². The Hall–Kier alpha value is -1.32. The molecule has 0 heterocycles. The Kier molecular flexibility index (Phi) is 4.84. The van der Waals surface area contributed by atoms with Crippen LogP contribution in [0, 0.1) is 6.92 Å². The molecule has 0 amide bonds. The van der Waals surface area contributed by atoms with Crippen LogP contribution < -0.4 is 5.32 Å². The van der Waals surface area contributed by atoms with Crippen molar-refractivity contribution in [1.82, 2.24) is 5.32 Å². The molecule has 2 N–H and O–H groups in total. The van der Waals surface area contributed by atoms with Crippen LogP contribution >= 0.6 is 15.9 Å². The molecule has 0 spiro atoms. The number of phenols is 1. The second kappa shape index (κ2) is 6.42. The summed E-state index contributed by atoms with van der Waals surface area (Å²) in [6.45, 7) is 6.18. The molecule has 0 aliphatic rings. The molecule has 0 saturated carbocycles. The maximum atomic E-state index is 10.0. The van der Waals surface area contributed by atoms with Gasteiger partial charge in [0, 0.05) is 22.1 Å². The van der Waals surface area contributed by atoms with Gasteiger partial charge in [-0.15, -0.1) is 0 Å². The topological polar surface area (TPSA) is 32.3 Å². The van der Waals surface area contributed by atoms with Gasteiger partial charge in [0.05, 0.1) is 0 Å². The van der Waals surface area contributed by atoms with Crippen LogP contribution in [0.4, 0.5) is 0 Å². The Bertz CT molecular complexity index is 580. The summed E-state index contributed by atoms with van der Waals surface area (Å²) in [5.41, 5.74) is 3.23. The third kappa shape index (κ3) is 3.62. The van der Waals surface area contributed by atoms with Crippen molar-refractivity contribution in [2.24, 2.45) is 0 Å². The Balaban J connectivity index is 2.10. The predicted octanol–water partition coefficient (Wildman–Crippen LogP) is 4.87. The number of nitrogens with one attached hydrogen (secondary N) is 1. The number of hydrogen-bond donors (Lipinski definition) is 2. The molecule has 2 nitrogen and oxygen atoms in total. The van der Waals surface area contributed by atoms with Crippen molar-refractivity contribution < 1.29 is 5.11 Å². The van der Waals surface area contributed by atoms with E-state index in [0.717, 1.165) is 15.6 Å². The zero-order valence-electron chi connectivity index (χ0n) is 12.0. The summed E-state index contributed by atoms with van der Waals surface area (Å²) in [5.74, 6) is 0.355. The molecule has 0 aromatic heterocycles. The molecular weight excluding hydrogens is 314 g/mol. The minimum Gasteiger partial charge on any atom is -0.508 e. The molecule has 0 saturated heterocycles. The molecule has 3 heteroatoms. The maximum absolute atomic E-state index is 10.0. The molecule has 2 aromatic rings. The standard InChI is InChI=1S/C17H20BrNO/c1-11-4-9-16(17(20)10-11)13(3)19-12(2)14-5-7-15(18)8-6-14/h4-10,12-13,19-20H,1-3H3/t12-,13?/m0/s1. The van der Waals surface area contributed by atoms with Crippen LogP contribution in [0.3, 0.4) is 0 Å². The molecule has 2 aromatic carbocycles. The lowest BCUT2D eigenvalue weighted by Crippen LogP contribution is -2.22. The first-order valence-electron chi connectivity index (χ1n) is 6.78. The predicted molar refractivity (Wildman–Crippen MR) is 87.0 cm³/mol. The summed E-state index contributed by atoms with van der Waals surface area (Å²) in [6.07, 6.45) is 0. The number of rotatable bonds is 4. The van der Waals surface area contributed by atoms with Gasteiger partial charge in [-0.25, -0.2) is 0 Å². The number of halogens is 1. The van der Waals surface area contributed by atoms with Gasteiger partial charge in [-0.05, 0) is 50.1 Å². The minimum absolute atomic E-state index is 0.0919. The van der Waals surface area contributed by atoms with E-state index in [1.54, 1.807) is 6.07 Å². The van der Waals surface area contributed by atoms with E-state index in [0.29, 0.717) is 5.75 Å². The Morgan fingerprint density at radius 2 is 1.65 bits per heavy atom. The van der Waals surface area contributed by atoms with E-state index in [9.17, 15) is 5.11 Å². The van der Waals surface area contributed by atoms with Crippen molar-refractivity contribution in [2.45, 2.75) is 32.9 Å². The van der Waals surface area contributed by atoms with Gasteiger partial charge in [0.2, 0.25) is 0 Å². The molecule has 0 aliphatic heterocycles. The fraction of sp³-hybridized carbons (Fsp3) is 0.294. The molecule has 0 bridgehead atoms. The highest BCUT2D eigenvalue weighted by Crippen LogP contribution is 2.27. The van der Waals surface area contributed by atoms with Crippen molar-refractivity contribution in [1.29, 1.82) is 0 Å². The first-order chi connectivity index (χ1) is 9.47. The summed E-state index contributed by atoms with van der Waals surface area (Å²) in [4.78, 5) is 0. The highest BCUT2D eigenvalue weighted by molar-refractivity contribution is 9.10. The number of benzene rings is 2. The molecule has 2 rings (SSSR count). The normalized spacial score (nSPS) is 14.0. The summed E-state index contributed by atoms with van der Waals surface area (Å²) in [6, 6.07) is 14.4. The molecule has 0 radical (unpaired) electrons. The lowest BCUT2D eigenvalue weighted by Gasteiger charge is -2.21. The summed E-state index contributed by atoms with van der Waals surface area (Å²) < 4.78 is 1.08. The van der Waals surface area contributed by atoms with Crippen LogP contribution in [0.1, 0.15) is 42.6 Å². The SMILES string of the molecule is Cc1ccc(C(C)N[C@@H](C)c2ccc(Br)cc2)c(O)c1. The van der Waals surface area contributed by atoms with Gasteiger partial charge < -0.3 is 10.4 Å². The first-order valence-corrected chi connectivity index (χ1v) is 7.57. The second-order valence-corrected chi connectivity index (χ2v) is 6.14. The smallest absolute Gasteiger partial charge is 0.120 e. The van der Waals surface area contributed by atoms with Crippen LogP contribution in [0.5, 0.6) is 5.75 Å². The monoisotopic (exact) mass is 333 g/mol. The van der Waals surface area contributed by atoms with Crippen LogP contribution in [0.2, 0.25) is 0 Å². The fourth-order valence-corrected chi connectivity index (χ4v) is 2.60. The average Bonchev–Trinajstić information content (AvgIpc) is 2.39. The van der Waals surface area contributed by atoms with Crippen molar-refractivity contribution >= 4 is 15.9 Å². The highest BCUT2D eigenvalue weighted by Gasteiger charge is 2.14. The van der Waals surface area contributed by atoms with E-state index in [2.05, 4.69) is 47.2 Å². The third-order valence-corrected chi connectivity index (χ3v) is 4.05. The molecule has 1 unspecified atom stereocenters. The van der Waals surface area contributed by atoms with Crippen LogP contribution in [-0.4, -0.2) is 5.11 Å². The summed E-state index contributed by atoms with van der Waals surface area (Å²) in [7, 11) is 0. The molecule has 0 fully saturated rings. The lowest BCUT2D eigenvalue weighted by atomic mass is 10.0. The molecular formula is C17H20BrNO. The zero-order valence-corrected chi connectivity index (χ0v) is 13.6. The zero-order chi connectivity index (χ0) is 14.7. The van der Waals surface area contributed by atoms with Gasteiger partial charge in [0.15, 0.2) is 0 Å². The van der Waals surface area contributed by atoms with Crippen LogP contribution in [0.25, 0.3) is 0 Å². The number of phenolic OH excluding ortho intramolecular Hbond substituents is 1. The van der Waals surface area contributed by atoms with Gasteiger partial charge in [-0.3, -0.25) is 0 Å². The van der Waals surface area contributed by atoms with Crippen molar-refractivity contribution in [3.05, 3.63) is 63.6 Å². The first kappa shape index (κ1) is 15.1. The average molecular weight is 334 g/mol. The van der Waals surface area contributed by atoms with Crippen LogP contribution in [0.15, 0.2) is 46.9 Å². The lowest BCUT2D eigenvalue weighted by molar-refractivity contribution is 0.438. The summed E-state index contributed by atoms with van der Waals surface area (Å²) >= 11 is 3.44. The van der Waals surface area contributed by atoms with Crippen molar-refractivity contribution in [2.75, 3.05) is 0 Å². The van der Waals surface area contributed by atoms with E-state index in [4.69, 9.17) is 0 Å². The molecule has 0 aliphatic carbocycles. The van der Waals surface area contributed by atoms with Crippen molar-refractivity contribution in [3.63, 3.8) is 0 Å². The largest absolute Gasteiger partial charge is 0.508 e. The minimum atomic E-state index is 0.0919. The maximum Gasteiger partial charge on any atom is 0.120 e. The second-order valence-electron chi connectivity index (χ2n) is 5.22. The number of aromatic hydroxyl groups is 1. The Morgan fingerprint density at radius 1 is 1.00 bits per heavy atom. The van der Waals surface area contributed by atoms with Gasteiger partial charge in [0.25, 0.3) is 0 Å². The van der Waals surface area contributed by atoms with E-state index >= 15 is 0 Å². The van der Waals surface area contributed by atoms with Gasteiger partial charge in [0.1, 0.15) is 5.75 Å². The Morgan fingerprint density at radius 3 is 2.25 bits per heavy atom. The number of hydrogen-bond acceptors (Lipinski definition) is 2. The highest BCUT2D eigenvalue weighted by atomic mass is 79.9. The quantitative estimate of drug-likeness (QED) is 0.836. The molecule has 2 atom stereocenters. The molecule has 106 valence electrons.